The number of hydrogen-bond acceptors (Lipinski definition) is 6. The van der Waals surface area contributed by atoms with Crippen LogP contribution in [0.4, 0.5) is 0 Å². The monoisotopic (exact) mass is 244 g/mol. The highest BCUT2D eigenvalue weighted by atomic mass is 16.3. The molecule has 0 amide bonds. The molecule has 0 bridgehead atoms. The molecule has 92 valence electrons. The molecule has 0 aliphatic rings. The van der Waals surface area contributed by atoms with Crippen molar-refractivity contribution in [3.05, 3.63) is 42.3 Å². The Balaban J connectivity index is 1.74. The van der Waals surface area contributed by atoms with Gasteiger partial charge in [-0.3, -0.25) is 9.38 Å². The molecule has 0 saturated heterocycles. The van der Waals surface area contributed by atoms with Crippen molar-refractivity contribution in [2.75, 3.05) is 0 Å². The lowest BCUT2D eigenvalue weighted by Crippen LogP contribution is -2.14. The normalized spacial score (nSPS) is 11.2. The van der Waals surface area contributed by atoms with Crippen LogP contribution in [-0.4, -0.2) is 24.6 Å². The molecular formula is C11H12N6O. The third-order valence-corrected chi connectivity index (χ3v) is 2.65. The van der Waals surface area contributed by atoms with E-state index in [0.717, 1.165) is 22.9 Å². The highest BCUT2D eigenvalue weighted by molar-refractivity contribution is 5.42. The lowest BCUT2D eigenvalue weighted by Gasteiger charge is -2.03. The molecule has 3 rings (SSSR count). The maximum absolute atomic E-state index is 5.14. The molecule has 0 fully saturated rings. The summed E-state index contributed by atoms with van der Waals surface area (Å²) >= 11 is 0. The zero-order chi connectivity index (χ0) is 12.4. The van der Waals surface area contributed by atoms with Gasteiger partial charge in [-0.05, 0) is 6.92 Å². The predicted octanol–water partition coefficient (Wildman–Crippen LogP) is 0.711. The first-order valence-corrected chi connectivity index (χ1v) is 5.58. The van der Waals surface area contributed by atoms with Crippen LogP contribution in [-0.2, 0) is 13.1 Å². The molecule has 3 aromatic heterocycles. The summed E-state index contributed by atoms with van der Waals surface area (Å²) in [5, 5.41) is 11.4. The Bertz CT molecular complexity index is 645. The van der Waals surface area contributed by atoms with Gasteiger partial charge in [-0.1, -0.05) is 0 Å². The first-order valence-electron chi connectivity index (χ1n) is 5.58. The molecule has 0 saturated carbocycles. The number of hydrogen-bond donors (Lipinski definition) is 1. The summed E-state index contributed by atoms with van der Waals surface area (Å²) in [5.41, 5.74) is 1.64. The number of aromatic nitrogens is 5. The average molecular weight is 244 g/mol. The fraction of sp³-hybridized carbons (Fsp3) is 0.273. The van der Waals surface area contributed by atoms with Crippen molar-refractivity contribution in [3.63, 3.8) is 0 Å². The summed E-state index contributed by atoms with van der Waals surface area (Å²) in [5.74, 6) is 1.64. The fourth-order valence-corrected chi connectivity index (χ4v) is 1.75. The maximum atomic E-state index is 5.14. The fourth-order valence-electron chi connectivity index (χ4n) is 1.75. The van der Waals surface area contributed by atoms with Crippen molar-refractivity contribution in [1.29, 1.82) is 0 Å². The zero-order valence-corrected chi connectivity index (χ0v) is 9.87. The minimum absolute atomic E-state index is 0.600. The van der Waals surface area contributed by atoms with Crippen LogP contribution in [0.3, 0.4) is 0 Å². The number of nitrogens with zero attached hydrogens (tertiary/aromatic N) is 5. The molecule has 7 nitrogen and oxygen atoms in total. The minimum Gasteiger partial charge on any atom is -0.447 e. The molecule has 3 aromatic rings. The van der Waals surface area contributed by atoms with Crippen LogP contribution >= 0.6 is 0 Å². The van der Waals surface area contributed by atoms with Gasteiger partial charge in [0.15, 0.2) is 12.0 Å². The molecule has 0 atom stereocenters. The van der Waals surface area contributed by atoms with Crippen LogP contribution in [0.2, 0.25) is 0 Å². The van der Waals surface area contributed by atoms with Crippen LogP contribution < -0.4 is 5.32 Å². The van der Waals surface area contributed by atoms with Gasteiger partial charge in [0.2, 0.25) is 0 Å². The van der Waals surface area contributed by atoms with Gasteiger partial charge in [0.25, 0.3) is 0 Å². The summed E-state index contributed by atoms with van der Waals surface area (Å²) in [4.78, 5) is 8.16. The number of fused-ring (bicyclic) bond motifs is 1. The molecular weight excluding hydrogens is 232 g/mol. The summed E-state index contributed by atoms with van der Waals surface area (Å²) in [7, 11) is 0. The van der Waals surface area contributed by atoms with E-state index < -0.39 is 0 Å². The Kier molecular flexibility index (Phi) is 2.73. The first kappa shape index (κ1) is 10.8. The molecule has 7 heteroatoms. The quantitative estimate of drug-likeness (QED) is 0.728. The Labute approximate surface area is 103 Å². The van der Waals surface area contributed by atoms with E-state index in [4.69, 9.17) is 4.42 Å². The van der Waals surface area contributed by atoms with E-state index in [1.54, 1.807) is 12.4 Å². The van der Waals surface area contributed by atoms with E-state index in [9.17, 15) is 0 Å². The van der Waals surface area contributed by atoms with E-state index in [-0.39, 0.29) is 0 Å². The van der Waals surface area contributed by atoms with Crippen LogP contribution in [0.1, 0.15) is 17.3 Å². The summed E-state index contributed by atoms with van der Waals surface area (Å²) in [6.07, 6.45) is 6.69. The lowest BCUT2D eigenvalue weighted by molar-refractivity contribution is 0.478. The third kappa shape index (κ3) is 1.95. The third-order valence-electron chi connectivity index (χ3n) is 2.65. The second-order valence-corrected chi connectivity index (χ2v) is 3.89. The lowest BCUT2D eigenvalue weighted by atomic mass is 10.4. The number of aryl methyl sites for hydroxylation is 1. The van der Waals surface area contributed by atoms with E-state index in [1.807, 2.05) is 17.5 Å². The first-order chi connectivity index (χ1) is 8.84. The van der Waals surface area contributed by atoms with Crippen molar-refractivity contribution in [2.24, 2.45) is 0 Å². The second-order valence-electron chi connectivity index (χ2n) is 3.89. The van der Waals surface area contributed by atoms with E-state index in [1.165, 1.54) is 6.39 Å². The SMILES string of the molecule is Cc1nnc2c(CNCc3cnco3)nccn12. The van der Waals surface area contributed by atoms with Crippen LogP contribution in [0, 0.1) is 6.92 Å². The predicted molar refractivity (Wildman–Crippen MR) is 62.6 cm³/mol. The smallest absolute Gasteiger partial charge is 0.183 e. The summed E-state index contributed by atoms with van der Waals surface area (Å²) in [6, 6.07) is 0. The zero-order valence-electron chi connectivity index (χ0n) is 9.87. The van der Waals surface area contributed by atoms with E-state index in [0.29, 0.717) is 13.1 Å². The standard InChI is InChI=1S/C11H12N6O/c1-8-15-16-11-10(14-2-3-17(8)11)6-12-4-9-5-13-7-18-9/h2-3,5,7,12H,4,6H2,1H3. The van der Waals surface area contributed by atoms with Crippen LogP contribution in [0.5, 0.6) is 0 Å². The Morgan fingerprint density at radius 1 is 1.33 bits per heavy atom. The van der Waals surface area contributed by atoms with Gasteiger partial charge in [-0.15, -0.1) is 10.2 Å². The molecule has 3 heterocycles. The summed E-state index contributed by atoms with van der Waals surface area (Å²) < 4.78 is 7.05. The van der Waals surface area contributed by atoms with Gasteiger partial charge in [-0.2, -0.15) is 0 Å². The number of oxazole rings is 1. The number of rotatable bonds is 4. The van der Waals surface area contributed by atoms with Gasteiger partial charge >= 0.3 is 0 Å². The van der Waals surface area contributed by atoms with Gasteiger partial charge < -0.3 is 9.73 Å². The molecule has 0 radical (unpaired) electrons. The van der Waals surface area contributed by atoms with Gasteiger partial charge in [-0.25, -0.2) is 4.98 Å². The van der Waals surface area contributed by atoms with Crippen LogP contribution in [0.25, 0.3) is 5.65 Å². The number of nitrogens with one attached hydrogen (secondary N) is 1. The molecule has 0 spiro atoms. The largest absolute Gasteiger partial charge is 0.447 e. The molecule has 1 N–H and O–H groups in total. The van der Waals surface area contributed by atoms with Crippen molar-refractivity contribution in [2.45, 2.75) is 20.0 Å². The van der Waals surface area contributed by atoms with E-state index >= 15 is 0 Å². The van der Waals surface area contributed by atoms with Crippen LogP contribution in [0.15, 0.2) is 29.4 Å². The van der Waals surface area contributed by atoms with E-state index in [2.05, 4.69) is 25.5 Å². The molecule has 0 aromatic carbocycles. The highest BCUT2D eigenvalue weighted by Gasteiger charge is 2.07. The van der Waals surface area contributed by atoms with Crippen molar-refractivity contribution in [1.82, 2.24) is 29.9 Å². The summed E-state index contributed by atoms with van der Waals surface area (Å²) in [6.45, 7) is 3.12. The Hall–Kier alpha value is -2.28. The molecule has 0 aliphatic carbocycles. The van der Waals surface area contributed by atoms with Gasteiger partial charge in [0.05, 0.1) is 18.4 Å². The average Bonchev–Trinajstić information content (AvgIpc) is 3.01. The van der Waals surface area contributed by atoms with Gasteiger partial charge in [0, 0.05) is 18.9 Å². The topological polar surface area (TPSA) is 81.1 Å². The Morgan fingerprint density at radius 2 is 2.28 bits per heavy atom. The molecule has 0 aliphatic heterocycles. The second kappa shape index (κ2) is 4.53. The van der Waals surface area contributed by atoms with Crippen molar-refractivity contribution in [3.8, 4) is 0 Å². The highest BCUT2D eigenvalue weighted by Crippen LogP contribution is 2.06. The Morgan fingerprint density at radius 3 is 3.11 bits per heavy atom. The molecule has 0 unspecified atom stereocenters. The van der Waals surface area contributed by atoms with Crippen molar-refractivity contribution < 1.29 is 4.42 Å². The minimum atomic E-state index is 0.600. The van der Waals surface area contributed by atoms with Crippen molar-refractivity contribution >= 4 is 5.65 Å². The maximum Gasteiger partial charge on any atom is 0.183 e. The van der Waals surface area contributed by atoms with Gasteiger partial charge in [0.1, 0.15) is 11.6 Å². The molecule has 18 heavy (non-hydrogen) atoms.